The molecule has 0 unspecified atom stereocenters. The molecule has 1 atom stereocenters. The maximum absolute atomic E-state index is 12.7. The van der Waals surface area contributed by atoms with E-state index in [0.29, 0.717) is 0 Å². The fraction of sp³-hybridized carbons (Fsp3) is 0.381. The highest BCUT2D eigenvalue weighted by Crippen LogP contribution is 2.25. The van der Waals surface area contributed by atoms with Gasteiger partial charge >= 0.3 is 0 Å². The van der Waals surface area contributed by atoms with Crippen molar-refractivity contribution in [1.29, 1.82) is 0 Å². The second-order valence-corrected chi connectivity index (χ2v) is 6.99. The number of hydrogen-bond acceptors (Lipinski definition) is 2. The first-order chi connectivity index (χ1) is 11.7. The van der Waals surface area contributed by atoms with E-state index in [1.165, 1.54) is 35.1 Å². The van der Waals surface area contributed by atoms with Crippen molar-refractivity contribution in [2.24, 2.45) is 0 Å². The van der Waals surface area contributed by atoms with E-state index in [9.17, 15) is 4.79 Å². The van der Waals surface area contributed by atoms with E-state index < -0.39 is 0 Å². The van der Waals surface area contributed by atoms with Crippen LogP contribution in [-0.4, -0.2) is 23.4 Å². The third-order valence-electron chi connectivity index (χ3n) is 5.45. The van der Waals surface area contributed by atoms with Gasteiger partial charge in [-0.15, -0.1) is 0 Å². The van der Waals surface area contributed by atoms with Crippen LogP contribution in [0, 0.1) is 0 Å². The second-order valence-electron chi connectivity index (χ2n) is 6.99. The fourth-order valence-corrected chi connectivity index (χ4v) is 3.91. The zero-order valence-electron chi connectivity index (χ0n) is 14.2. The maximum atomic E-state index is 12.7. The van der Waals surface area contributed by atoms with Crippen molar-refractivity contribution in [3.63, 3.8) is 0 Å². The summed E-state index contributed by atoms with van der Waals surface area (Å²) in [5, 5.41) is 3.11. The van der Waals surface area contributed by atoms with Crippen molar-refractivity contribution in [1.82, 2.24) is 4.90 Å². The van der Waals surface area contributed by atoms with E-state index in [-0.39, 0.29) is 11.9 Å². The molecule has 0 aromatic heterocycles. The Bertz CT molecular complexity index is 768. The van der Waals surface area contributed by atoms with Crippen LogP contribution in [0.1, 0.15) is 35.6 Å². The molecule has 124 valence electrons. The molecule has 0 spiro atoms. The molecule has 24 heavy (non-hydrogen) atoms. The monoisotopic (exact) mass is 320 g/mol. The van der Waals surface area contributed by atoms with Gasteiger partial charge in [0.15, 0.2) is 0 Å². The number of carbonyl (C=O) groups excluding carboxylic acids is 1. The van der Waals surface area contributed by atoms with Crippen LogP contribution in [0.4, 0.5) is 5.69 Å². The SMILES string of the molecule is C[C@@H](C(=O)Nc1ccc2c(c1)CCC2)N1CCc2ccccc2C1. The van der Waals surface area contributed by atoms with Gasteiger partial charge in [0.05, 0.1) is 6.04 Å². The molecular weight excluding hydrogens is 296 g/mol. The van der Waals surface area contributed by atoms with Gasteiger partial charge in [-0.2, -0.15) is 0 Å². The molecule has 0 radical (unpaired) electrons. The lowest BCUT2D eigenvalue weighted by Crippen LogP contribution is -2.44. The summed E-state index contributed by atoms with van der Waals surface area (Å²) in [5.74, 6) is 0.0901. The first-order valence-electron chi connectivity index (χ1n) is 8.94. The normalized spacial score (nSPS) is 17.9. The van der Waals surface area contributed by atoms with E-state index in [2.05, 4.69) is 46.6 Å². The Balaban J connectivity index is 1.43. The summed E-state index contributed by atoms with van der Waals surface area (Å²) in [4.78, 5) is 14.9. The lowest BCUT2D eigenvalue weighted by Gasteiger charge is -2.32. The Morgan fingerprint density at radius 3 is 2.62 bits per heavy atom. The number of rotatable bonds is 3. The number of amides is 1. The maximum Gasteiger partial charge on any atom is 0.241 e. The summed E-state index contributed by atoms with van der Waals surface area (Å²) < 4.78 is 0. The Kier molecular flexibility index (Phi) is 4.11. The minimum atomic E-state index is -0.119. The molecule has 2 aromatic carbocycles. The number of nitrogens with zero attached hydrogens (tertiary/aromatic N) is 1. The molecular formula is C21H24N2O. The van der Waals surface area contributed by atoms with Gasteiger partial charge in [0.1, 0.15) is 0 Å². The van der Waals surface area contributed by atoms with Crippen molar-refractivity contribution in [3.05, 3.63) is 64.7 Å². The minimum Gasteiger partial charge on any atom is -0.325 e. The van der Waals surface area contributed by atoms with Crippen molar-refractivity contribution >= 4 is 11.6 Å². The molecule has 0 fully saturated rings. The summed E-state index contributed by atoms with van der Waals surface area (Å²) >= 11 is 0. The quantitative estimate of drug-likeness (QED) is 0.938. The third-order valence-corrected chi connectivity index (χ3v) is 5.45. The van der Waals surface area contributed by atoms with E-state index in [1.54, 1.807) is 0 Å². The first kappa shape index (κ1) is 15.4. The van der Waals surface area contributed by atoms with Crippen LogP contribution in [0.3, 0.4) is 0 Å². The molecule has 1 heterocycles. The summed E-state index contributed by atoms with van der Waals surface area (Å²) in [7, 11) is 0. The highest BCUT2D eigenvalue weighted by atomic mass is 16.2. The first-order valence-corrected chi connectivity index (χ1v) is 8.94. The average Bonchev–Trinajstić information content (AvgIpc) is 3.08. The molecule has 3 nitrogen and oxygen atoms in total. The average molecular weight is 320 g/mol. The van der Waals surface area contributed by atoms with Gasteiger partial charge in [-0.3, -0.25) is 9.69 Å². The zero-order chi connectivity index (χ0) is 16.5. The zero-order valence-corrected chi connectivity index (χ0v) is 14.2. The highest BCUT2D eigenvalue weighted by Gasteiger charge is 2.25. The Morgan fingerprint density at radius 2 is 1.75 bits per heavy atom. The van der Waals surface area contributed by atoms with Crippen molar-refractivity contribution in [2.75, 3.05) is 11.9 Å². The van der Waals surface area contributed by atoms with Crippen molar-refractivity contribution in [3.8, 4) is 0 Å². The third kappa shape index (κ3) is 2.96. The summed E-state index contributed by atoms with van der Waals surface area (Å²) in [6.07, 6.45) is 4.56. The van der Waals surface area contributed by atoms with Gasteiger partial charge in [-0.25, -0.2) is 0 Å². The van der Waals surface area contributed by atoms with E-state index in [4.69, 9.17) is 0 Å². The standard InChI is InChI=1S/C21H24N2O/c1-15(23-12-11-17-5-2-3-6-19(17)14-23)21(24)22-20-10-9-16-7-4-8-18(16)13-20/h2-3,5-6,9-10,13,15H,4,7-8,11-12,14H2,1H3,(H,22,24)/t15-/m0/s1. The topological polar surface area (TPSA) is 32.3 Å². The number of fused-ring (bicyclic) bond motifs is 2. The van der Waals surface area contributed by atoms with Crippen LogP contribution in [-0.2, 0) is 30.6 Å². The molecule has 2 aromatic rings. The van der Waals surface area contributed by atoms with Gasteiger partial charge in [0, 0.05) is 18.8 Å². The smallest absolute Gasteiger partial charge is 0.241 e. The number of aryl methyl sites for hydroxylation is 2. The van der Waals surface area contributed by atoms with Crippen molar-refractivity contribution < 1.29 is 4.79 Å². The molecule has 0 bridgehead atoms. The van der Waals surface area contributed by atoms with Crippen LogP contribution >= 0.6 is 0 Å². The van der Waals surface area contributed by atoms with Gasteiger partial charge in [-0.1, -0.05) is 30.3 Å². The van der Waals surface area contributed by atoms with E-state index >= 15 is 0 Å². The van der Waals surface area contributed by atoms with Crippen LogP contribution in [0.2, 0.25) is 0 Å². The van der Waals surface area contributed by atoms with E-state index in [0.717, 1.165) is 31.6 Å². The van der Waals surface area contributed by atoms with Gasteiger partial charge in [-0.05, 0) is 67.0 Å². The van der Waals surface area contributed by atoms with Crippen molar-refractivity contribution in [2.45, 2.75) is 45.2 Å². The van der Waals surface area contributed by atoms with Gasteiger partial charge in [0.25, 0.3) is 0 Å². The summed E-state index contributed by atoms with van der Waals surface area (Å²) in [5.41, 5.74) is 6.53. The Morgan fingerprint density at radius 1 is 1.00 bits per heavy atom. The largest absolute Gasteiger partial charge is 0.325 e. The van der Waals surface area contributed by atoms with Crippen LogP contribution in [0.5, 0.6) is 0 Å². The van der Waals surface area contributed by atoms with Gasteiger partial charge < -0.3 is 5.32 Å². The fourth-order valence-electron chi connectivity index (χ4n) is 3.91. The van der Waals surface area contributed by atoms with E-state index in [1.807, 2.05) is 13.0 Å². The van der Waals surface area contributed by atoms with Crippen LogP contribution in [0.25, 0.3) is 0 Å². The molecule has 1 amide bonds. The predicted molar refractivity (Wildman–Crippen MR) is 97.1 cm³/mol. The number of nitrogens with one attached hydrogen (secondary N) is 1. The minimum absolute atomic E-state index is 0.0901. The molecule has 0 saturated heterocycles. The lowest BCUT2D eigenvalue weighted by molar-refractivity contribution is -0.121. The molecule has 1 N–H and O–H groups in total. The second kappa shape index (κ2) is 6.40. The number of anilines is 1. The Hall–Kier alpha value is -2.13. The summed E-state index contributed by atoms with van der Waals surface area (Å²) in [6, 6.07) is 14.8. The number of hydrogen-bond donors (Lipinski definition) is 1. The van der Waals surface area contributed by atoms with Crippen LogP contribution < -0.4 is 5.32 Å². The number of carbonyl (C=O) groups is 1. The van der Waals surface area contributed by atoms with Gasteiger partial charge in [0.2, 0.25) is 5.91 Å². The highest BCUT2D eigenvalue weighted by molar-refractivity contribution is 5.94. The van der Waals surface area contributed by atoms with Crippen LogP contribution in [0.15, 0.2) is 42.5 Å². The molecule has 2 aliphatic rings. The molecule has 4 rings (SSSR count). The molecule has 1 aliphatic heterocycles. The molecule has 3 heteroatoms. The predicted octanol–water partition coefficient (Wildman–Crippen LogP) is 3.56. The Labute approximate surface area is 143 Å². The molecule has 0 saturated carbocycles. The molecule has 1 aliphatic carbocycles. The lowest BCUT2D eigenvalue weighted by atomic mass is 9.98. The summed E-state index contributed by atoms with van der Waals surface area (Å²) in [6.45, 7) is 3.81. The number of benzene rings is 2.